The summed E-state index contributed by atoms with van der Waals surface area (Å²) in [7, 11) is 1.53. The maximum atomic E-state index is 13.9. The number of halogens is 2. The smallest absolute Gasteiger partial charge is 0.338 e. The molecule has 152 valence electrons. The average molecular weight is 420 g/mol. The molecule has 0 atom stereocenters. The Labute approximate surface area is 169 Å². The van der Waals surface area contributed by atoms with E-state index in [-0.39, 0.29) is 11.4 Å². The van der Waals surface area contributed by atoms with Gasteiger partial charge in [-0.15, -0.1) is 0 Å². The van der Waals surface area contributed by atoms with Crippen LogP contribution in [0.1, 0.15) is 27.6 Å². The lowest BCUT2D eigenvalue weighted by atomic mass is 10.2. The number of benzene rings is 2. The largest absolute Gasteiger partial charge is 0.462 e. The van der Waals surface area contributed by atoms with Gasteiger partial charge >= 0.3 is 5.97 Å². The van der Waals surface area contributed by atoms with Crippen LogP contribution in [-0.4, -0.2) is 36.8 Å². The summed E-state index contributed by atoms with van der Waals surface area (Å²) in [5.74, 6) is -3.45. The lowest BCUT2D eigenvalue weighted by Gasteiger charge is -2.05. The van der Waals surface area contributed by atoms with Crippen LogP contribution in [0.3, 0.4) is 0 Å². The third-order valence-corrected chi connectivity index (χ3v) is 5.13. The Balaban J connectivity index is 2.13. The first kappa shape index (κ1) is 20.8. The highest BCUT2D eigenvalue weighted by atomic mass is 32.1. The van der Waals surface area contributed by atoms with Crippen molar-refractivity contribution in [1.29, 1.82) is 0 Å². The molecule has 1 heterocycles. The number of methoxy groups -OCH3 is 1. The lowest BCUT2D eigenvalue weighted by Crippen LogP contribution is -2.20. The second-order valence-corrected chi connectivity index (χ2v) is 6.95. The summed E-state index contributed by atoms with van der Waals surface area (Å²) in [6.07, 6.45) is 0. The van der Waals surface area contributed by atoms with Crippen molar-refractivity contribution in [3.63, 3.8) is 0 Å². The predicted octanol–water partition coefficient (Wildman–Crippen LogP) is 3.55. The summed E-state index contributed by atoms with van der Waals surface area (Å²) in [6.45, 7) is 2.66. The molecule has 0 fully saturated rings. The van der Waals surface area contributed by atoms with E-state index in [1.54, 1.807) is 29.7 Å². The number of nitrogens with zero attached hydrogens (tertiary/aromatic N) is 2. The molecular weight excluding hydrogens is 402 g/mol. The van der Waals surface area contributed by atoms with Crippen molar-refractivity contribution < 1.29 is 27.8 Å². The van der Waals surface area contributed by atoms with Crippen molar-refractivity contribution >= 4 is 33.4 Å². The molecule has 0 aliphatic rings. The van der Waals surface area contributed by atoms with Gasteiger partial charge in [-0.25, -0.2) is 13.6 Å². The van der Waals surface area contributed by atoms with Crippen molar-refractivity contribution in [2.24, 2.45) is 4.99 Å². The van der Waals surface area contributed by atoms with E-state index in [1.807, 2.05) is 0 Å². The van der Waals surface area contributed by atoms with Crippen LogP contribution >= 0.6 is 11.3 Å². The molecule has 0 N–H and O–H groups in total. The van der Waals surface area contributed by atoms with Gasteiger partial charge < -0.3 is 14.0 Å². The Morgan fingerprint density at radius 3 is 2.55 bits per heavy atom. The molecule has 0 bridgehead atoms. The van der Waals surface area contributed by atoms with Crippen molar-refractivity contribution in [3.05, 3.63) is 64.0 Å². The lowest BCUT2D eigenvalue weighted by molar-refractivity contribution is 0.0526. The van der Waals surface area contributed by atoms with Crippen LogP contribution < -0.4 is 4.80 Å². The number of hydrogen-bond acceptors (Lipinski definition) is 5. The first-order valence-corrected chi connectivity index (χ1v) is 9.60. The first-order valence-electron chi connectivity index (χ1n) is 8.78. The van der Waals surface area contributed by atoms with E-state index < -0.39 is 29.1 Å². The number of esters is 1. The number of fused-ring (bicyclic) bond motifs is 1. The van der Waals surface area contributed by atoms with Crippen molar-refractivity contribution in [2.45, 2.75) is 13.5 Å². The Kier molecular flexibility index (Phi) is 6.50. The zero-order valence-electron chi connectivity index (χ0n) is 15.8. The van der Waals surface area contributed by atoms with E-state index in [0.29, 0.717) is 28.9 Å². The topological polar surface area (TPSA) is 69.9 Å². The molecule has 0 aliphatic heterocycles. The highest BCUT2D eigenvalue weighted by Crippen LogP contribution is 2.21. The highest BCUT2D eigenvalue weighted by Gasteiger charge is 2.18. The van der Waals surface area contributed by atoms with Crippen LogP contribution in [0.4, 0.5) is 8.78 Å². The highest BCUT2D eigenvalue weighted by molar-refractivity contribution is 7.16. The number of ether oxygens (including phenoxy) is 2. The van der Waals surface area contributed by atoms with Gasteiger partial charge in [-0.2, -0.15) is 4.99 Å². The normalized spacial score (nSPS) is 11.8. The summed E-state index contributed by atoms with van der Waals surface area (Å²) in [6, 6.07) is 8.13. The van der Waals surface area contributed by atoms with Crippen molar-refractivity contribution in [2.75, 3.05) is 20.3 Å². The molecule has 0 saturated heterocycles. The van der Waals surface area contributed by atoms with Crippen LogP contribution in [0.25, 0.3) is 10.2 Å². The van der Waals surface area contributed by atoms with Crippen LogP contribution in [0.5, 0.6) is 0 Å². The maximum Gasteiger partial charge on any atom is 0.338 e. The van der Waals surface area contributed by atoms with Gasteiger partial charge in [-0.1, -0.05) is 17.4 Å². The molecule has 0 saturated carbocycles. The second kappa shape index (κ2) is 9.06. The molecule has 3 rings (SSSR count). The maximum absolute atomic E-state index is 13.9. The SMILES string of the molecule is CCOC(=O)c1ccc2c(c1)sc(=NC(=O)c1c(F)cccc1F)n2CCOC. The predicted molar refractivity (Wildman–Crippen MR) is 104 cm³/mol. The minimum atomic E-state index is -1.02. The van der Waals surface area contributed by atoms with Crippen LogP contribution in [0, 0.1) is 11.6 Å². The van der Waals surface area contributed by atoms with Crippen LogP contribution in [0.2, 0.25) is 0 Å². The molecule has 0 spiro atoms. The van der Waals surface area contributed by atoms with Gasteiger partial charge in [0, 0.05) is 13.7 Å². The van der Waals surface area contributed by atoms with Gasteiger partial charge in [-0.3, -0.25) is 4.79 Å². The molecule has 0 aliphatic carbocycles. The zero-order valence-corrected chi connectivity index (χ0v) is 16.6. The summed E-state index contributed by atoms with van der Waals surface area (Å²) in [4.78, 5) is 28.6. The number of amides is 1. The molecule has 1 aromatic heterocycles. The fourth-order valence-corrected chi connectivity index (χ4v) is 3.84. The number of carbonyl (C=O) groups is 2. The van der Waals surface area contributed by atoms with E-state index in [4.69, 9.17) is 9.47 Å². The zero-order chi connectivity index (χ0) is 21.0. The van der Waals surface area contributed by atoms with Gasteiger partial charge in [0.1, 0.15) is 17.2 Å². The number of carbonyl (C=O) groups excluding carboxylic acids is 2. The minimum Gasteiger partial charge on any atom is -0.462 e. The van der Waals surface area contributed by atoms with Crippen molar-refractivity contribution in [1.82, 2.24) is 4.57 Å². The van der Waals surface area contributed by atoms with Crippen molar-refractivity contribution in [3.8, 4) is 0 Å². The molecule has 0 radical (unpaired) electrons. The fourth-order valence-electron chi connectivity index (χ4n) is 2.74. The summed E-state index contributed by atoms with van der Waals surface area (Å²) >= 11 is 1.13. The van der Waals surface area contributed by atoms with E-state index in [1.165, 1.54) is 13.2 Å². The quantitative estimate of drug-likeness (QED) is 0.572. The number of hydrogen-bond donors (Lipinski definition) is 0. The average Bonchev–Trinajstić information content (AvgIpc) is 3.02. The van der Waals surface area contributed by atoms with E-state index in [2.05, 4.69) is 4.99 Å². The molecule has 3 aromatic rings. The molecule has 9 heteroatoms. The monoisotopic (exact) mass is 420 g/mol. The minimum absolute atomic E-state index is 0.241. The van der Waals surface area contributed by atoms with Gasteiger partial charge in [-0.05, 0) is 37.3 Å². The fraction of sp³-hybridized carbons (Fsp3) is 0.250. The van der Waals surface area contributed by atoms with E-state index >= 15 is 0 Å². The van der Waals surface area contributed by atoms with Gasteiger partial charge in [0.2, 0.25) is 0 Å². The standard InChI is InChI=1S/C20H18F2N2O4S/c1-3-28-19(26)12-7-8-15-16(11-12)29-20(24(15)9-10-27-2)23-18(25)17-13(21)5-4-6-14(17)22/h4-8,11H,3,9-10H2,1-2H3. The summed E-state index contributed by atoms with van der Waals surface area (Å²) < 4.78 is 40.3. The molecule has 2 aromatic carbocycles. The number of aromatic nitrogens is 1. The Morgan fingerprint density at radius 2 is 1.90 bits per heavy atom. The molecule has 6 nitrogen and oxygen atoms in total. The summed E-state index contributed by atoms with van der Waals surface area (Å²) in [5.41, 5.74) is 0.355. The van der Waals surface area contributed by atoms with E-state index in [0.717, 1.165) is 23.5 Å². The summed E-state index contributed by atoms with van der Waals surface area (Å²) in [5, 5.41) is 0. The third kappa shape index (κ3) is 4.41. The molecule has 1 amide bonds. The molecule has 0 unspecified atom stereocenters. The van der Waals surface area contributed by atoms with Gasteiger partial charge in [0.05, 0.1) is 29.0 Å². The van der Waals surface area contributed by atoms with Crippen LogP contribution in [0.15, 0.2) is 41.4 Å². The number of thiazole rings is 1. The van der Waals surface area contributed by atoms with Crippen LogP contribution in [-0.2, 0) is 16.0 Å². The first-order chi connectivity index (χ1) is 14.0. The molecule has 29 heavy (non-hydrogen) atoms. The Hall–Kier alpha value is -2.91. The van der Waals surface area contributed by atoms with E-state index in [9.17, 15) is 18.4 Å². The third-order valence-electron chi connectivity index (χ3n) is 4.09. The second-order valence-electron chi connectivity index (χ2n) is 5.95. The Bertz CT molecular complexity index is 1120. The Morgan fingerprint density at radius 1 is 1.17 bits per heavy atom. The van der Waals surface area contributed by atoms with Gasteiger partial charge in [0.25, 0.3) is 5.91 Å². The van der Waals surface area contributed by atoms with Gasteiger partial charge in [0.15, 0.2) is 4.80 Å². The molecular formula is C20H18F2N2O4S. The number of rotatable bonds is 6.